The van der Waals surface area contributed by atoms with Crippen molar-refractivity contribution in [3.05, 3.63) is 53.9 Å². The van der Waals surface area contributed by atoms with E-state index in [1.165, 1.54) is 0 Å². The summed E-state index contributed by atoms with van der Waals surface area (Å²) in [5, 5.41) is 2.99. The van der Waals surface area contributed by atoms with Crippen molar-refractivity contribution in [3.8, 4) is 11.5 Å². The van der Waals surface area contributed by atoms with Crippen molar-refractivity contribution in [1.82, 2.24) is 10.3 Å². The molecule has 0 saturated carbocycles. The predicted molar refractivity (Wildman–Crippen MR) is 93.4 cm³/mol. The first kappa shape index (κ1) is 17.8. The fourth-order valence-electron chi connectivity index (χ4n) is 2.51. The summed E-state index contributed by atoms with van der Waals surface area (Å²) in [6.45, 7) is 2.55. The second-order valence-corrected chi connectivity index (χ2v) is 5.69. The van der Waals surface area contributed by atoms with Gasteiger partial charge in [-0.1, -0.05) is 13.0 Å². The molecule has 0 spiro atoms. The Hall–Kier alpha value is -2.56. The average molecular weight is 328 g/mol. The lowest BCUT2D eigenvalue weighted by Gasteiger charge is -2.14. The summed E-state index contributed by atoms with van der Waals surface area (Å²) >= 11 is 0. The summed E-state index contributed by atoms with van der Waals surface area (Å²) in [4.78, 5) is 16.2. The number of aromatic nitrogens is 1. The monoisotopic (exact) mass is 328 g/mol. The second-order valence-electron chi connectivity index (χ2n) is 5.69. The van der Waals surface area contributed by atoms with Crippen LogP contribution in [0.3, 0.4) is 0 Å². The highest BCUT2D eigenvalue weighted by Gasteiger charge is 2.14. The number of pyridine rings is 1. The van der Waals surface area contributed by atoms with E-state index < -0.39 is 0 Å². The van der Waals surface area contributed by atoms with Gasteiger partial charge in [0.2, 0.25) is 5.91 Å². The maximum absolute atomic E-state index is 12.2. The maximum Gasteiger partial charge on any atom is 0.223 e. The van der Waals surface area contributed by atoms with Crippen LogP contribution in [0.2, 0.25) is 0 Å². The first-order chi connectivity index (χ1) is 11.6. The zero-order valence-corrected chi connectivity index (χ0v) is 14.4. The zero-order valence-electron chi connectivity index (χ0n) is 14.4. The Balaban J connectivity index is 1.85. The number of methoxy groups -OCH3 is 2. The van der Waals surface area contributed by atoms with Crippen LogP contribution in [0.15, 0.2) is 42.7 Å². The second kappa shape index (κ2) is 8.91. The maximum atomic E-state index is 12.2. The van der Waals surface area contributed by atoms with Gasteiger partial charge in [-0.3, -0.25) is 9.78 Å². The van der Waals surface area contributed by atoms with E-state index >= 15 is 0 Å². The number of rotatable bonds is 8. The van der Waals surface area contributed by atoms with Crippen LogP contribution in [0, 0.1) is 5.92 Å². The topological polar surface area (TPSA) is 60.5 Å². The van der Waals surface area contributed by atoms with Crippen molar-refractivity contribution in [3.63, 3.8) is 0 Å². The quantitative estimate of drug-likeness (QED) is 0.809. The smallest absolute Gasteiger partial charge is 0.223 e. The largest absolute Gasteiger partial charge is 0.493 e. The van der Waals surface area contributed by atoms with Crippen LogP contribution < -0.4 is 14.8 Å². The Morgan fingerprint density at radius 2 is 1.79 bits per heavy atom. The molecule has 0 aliphatic heterocycles. The van der Waals surface area contributed by atoms with Crippen LogP contribution in [0.4, 0.5) is 0 Å². The number of nitrogens with one attached hydrogen (secondary N) is 1. The van der Waals surface area contributed by atoms with Gasteiger partial charge in [-0.05, 0) is 48.2 Å². The summed E-state index contributed by atoms with van der Waals surface area (Å²) in [6.07, 6.45) is 4.98. The van der Waals surface area contributed by atoms with Crippen LogP contribution in [-0.2, 0) is 17.6 Å². The van der Waals surface area contributed by atoms with Crippen molar-refractivity contribution >= 4 is 5.91 Å². The number of amides is 1. The molecule has 1 amide bonds. The first-order valence-electron chi connectivity index (χ1n) is 8.01. The summed E-state index contributed by atoms with van der Waals surface area (Å²) in [7, 11) is 3.22. The molecule has 1 aromatic carbocycles. The molecule has 2 rings (SSSR count). The molecule has 0 aliphatic carbocycles. The molecule has 0 aliphatic rings. The van der Waals surface area contributed by atoms with Gasteiger partial charge in [-0.15, -0.1) is 0 Å². The number of nitrogens with zero attached hydrogens (tertiary/aromatic N) is 1. The van der Waals surface area contributed by atoms with Crippen LogP contribution in [0.25, 0.3) is 0 Å². The van der Waals surface area contributed by atoms with E-state index in [0.29, 0.717) is 24.5 Å². The molecule has 5 heteroatoms. The molecule has 24 heavy (non-hydrogen) atoms. The minimum Gasteiger partial charge on any atom is -0.493 e. The summed E-state index contributed by atoms with van der Waals surface area (Å²) in [6, 6.07) is 9.66. The van der Waals surface area contributed by atoms with Gasteiger partial charge in [0.1, 0.15) is 0 Å². The molecule has 1 N–H and O–H groups in total. The lowest BCUT2D eigenvalue weighted by Crippen LogP contribution is -2.31. The molecule has 5 nitrogen and oxygen atoms in total. The van der Waals surface area contributed by atoms with Gasteiger partial charge in [-0.2, -0.15) is 0 Å². The molecule has 2 aromatic rings. The van der Waals surface area contributed by atoms with Gasteiger partial charge < -0.3 is 14.8 Å². The molecule has 128 valence electrons. The summed E-state index contributed by atoms with van der Waals surface area (Å²) < 4.78 is 10.5. The Kier molecular flexibility index (Phi) is 6.61. The van der Waals surface area contributed by atoms with Crippen LogP contribution in [-0.4, -0.2) is 31.7 Å². The predicted octanol–water partition coefficient (Wildman–Crippen LogP) is 2.64. The third-order valence-corrected chi connectivity index (χ3v) is 3.90. The zero-order chi connectivity index (χ0) is 17.4. The van der Waals surface area contributed by atoms with Crippen molar-refractivity contribution in [1.29, 1.82) is 0 Å². The highest BCUT2D eigenvalue weighted by molar-refractivity contribution is 5.78. The highest BCUT2D eigenvalue weighted by atomic mass is 16.5. The van der Waals surface area contributed by atoms with Gasteiger partial charge in [-0.25, -0.2) is 0 Å². The first-order valence-corrected chi connectivity index (χ1v) is 8.01. The van der Waals surface area contributed by atoms with Crippen molar-refractivity contribution in [2.45, 2.75) is 19.8 Å². The van der Waals surface area contributed by atoms with Gasteiger partial charge in [0, 0.05) is 24.9 Å². The van der Waals surface area contributed by atoms with Crippen LogP contribution in [0.1, 0.15) is 18.1 Å². The summed E-state index contributed by atoms with van der Waals surface area (Å²) in [5.74, 6) is 1.32. The average Bonchev–Trinajstić information content (AvgIpc) is 2.62. The minimum atomic E-state index is -0.111. The molecule has 0 saturated heterocycles. The van der Waals surface area contributed by atoms with Gasteiger partial charge in [0.05, 0.1) is 14.2 Å². The third kappa shape index (κ3) is 4.98. The van der Waals surface area contributed by atoms with E-state index in [-0.39, 0.29) is 11.8 Å². The molecular weight excluding hydrogens is 304 g/mol. The molecule has 1 atom stereocenters. The molecule has 0 radical (unpaired) electrons. The normalized spacial score (nSPS) is 11.6. The standard InChI is InChI=1S/C19H24N2O3/c1-14(12-16-4-5-17(23-2)18(13-16)24-3)19(22)21-11-8-15-6-9-20-10-7-15/h4-7,9-10,13-14H,8,11-12H2,1-3H3,(H,21,22). The molecular formula is C19H24N2O3. The SMILES string of the molecule is COc1ccc(CC(C)C(=O)NCCc2ccncc2)cc1OC. The molecule has 1 unspecified atom stereocenters. The van der Waals surface area contributed by atoms with Crippen molar-refractivity contribution in [2.75, 3.05) is 20.8 Å². The fourth-order valence-corrected chi connectivity index (χ4v) is 2.51. The third-order valence-electron chi connectivity index (χ3n) is 3.90. The van der Waals surface area contributed by atoms with E-state index in [1.807, 2.05) is 37.3 Å². The molecule has 1 heterocycles. The Labute approximate surface area is 143 Å². The highest BCUT2D eigenvalue weighted by Crippen LogP contribution is 2.28. The van der Waals surface area contributed by atoms with E-state index in [2.05, 4.69) is 10.3 Å². The van der Waals surface area contributed by atoms with Crippen molar-refractivity contribution in [2.24, 2.45) is 5.92 Å². The van der Waals surface area contributed by atoms with Crippen LogP contribution >= 0.6 is 0 Å². The van der Waals surface area contributed by atoms with Gasteiger partial charge in [0.25, 0.3) is 0 Å². The lowest BCUT2D eigenvalue weighted by atomic mass is 10.00. The lowest BCUT2D eigenvalue weighted by molar-refractivity contribution is -0.124. The van der Waals surface area contributed by atoms with E-state index in [4.69, 9.17) is 9.47 Å². The number of benzene rings is 1. The van der Waals surface area contributed by atoms with Crippen molar-refractivity contribution < 1.29 is 14.3 Å². The Bertz CT molecular complexity index is 659. The van der Waals surface area contributed by atoms with E-state index in [0.717, 1.165) is 17.5 Å². The number of ether oxygens (including phenoxy) is 2. The van der Waals surface area contributed by atoms with E-state index in [1.54, 1.807) is 26.6 Å². The number of hydrogen-bond acceptors (Lipinski definition) is 4. The fraction of sp³-hybridized carbons (Fsp3) is 0.368. The number of carbonyl (C=O) groups excluding carboxylic acids is 1. The van der Waals surface area contributed by atoms with Gasteiger partial charge >= 0.3 is 0 Å². The number of hydrogen-bond donors (Lipinski definition) is 1. The molecule has 0 fully saturated rings. The Morgan fingerprint density at radius 3 is 2.46 bits per heavy atom. The molecule has 1 aromatic heterocycles. The van der Waals surface area contributed by atoms with Gasteiger partial charge in [0.15, 0.2) is 11.5 Å². The summed E-state index contributed by atoms with van der Waals surface area (Å²) in [5.41, 5.74) is 2.21. The van der Waals surface area contributed by atoms with Crippen LogP contribution in [0.5, 0.6) is 11.5 Å². The van der Waals surface area contributed by atoms with E-state index in [9.17, 15) is 4.79 Å². The molecule has 0 bridgehead atoms. The minimum absolute atomic E-state index is 0.0545. The number of carbonyl (C=O) groups is 1. The Morgan fingerprint density at radius 1 is 1.08 bits per heavy atom.